The van der Waals surface area contributed by atoms with Crippen molar-refractivity contribution in [1.82, 2.24) is 5.32 Å². The number of unbranched alkanes of at least 4 members (excludes halogenated alkanes) is 7. The molecule has 1 aromatic rings. The van der Waals surface area contributed by atoms with Crippen molar-refractivity contribution in [3.8, 4) is 11.8 Å². The lowest BCUT2D eigenvalue weighted by Gasteiger charge is -2.31. The molecule has 0 saturated heterocycles. The molecule has 0 bridgehead atoms. The van der Waals surface area contributed by atoms with Gasteiger partial charge in [-0.3, -0.25) is 4.79 Å². The molecule has 0 unspecified atom stereocenters. The molecule has 8 heteroatoms. The van der Waals surface area contributed by atoms with Crippen molar-refractivity contribution in [1.29, 1.82) is 0 Å². The number of carboxylic acids is 1. The molecular weight excluding hydrogens is 606 g/mol. The predicted molar refractivity (Wildman–Crippen MR) is 193 cm³/mol. The van der Waals surface area contributed by atoms with E-state index in [9.17, 15) is 30.3 Å². The quantitative estimate of drug-likeness (QED) is 0.0610. The number of benzene rings is 1. The Morgan fingerprint density at radius 3 is 2.48 bits per heavy atom. The molecule has 0 fully saturated rings. The highest BCUT2D eigenvalue weighted by Gasteiger charge is 2.26. The first-order chi connectivity index (χ1) is 23.2. The van der Waals surface area contributed by atoms with Crippen molar-refractivity contribution >= 4 is 5.97 Å². The van der Waals surface area contributed by atoms with Gasteiger partial charge in [0.25, 0.3) is 0 Å². The smallest absolute Gasteiger partial charge is 0.303 e. The van der Waals surface area contributed by atoms with E-state index in [4.69, 9.17) is 5.11 Å². The summed E-state index contributed by atoms with van der Waals surface area (Å²) in [6, 6.07) is 5.76. The van der Waals surface area contributed by atoms with Gasteiger partial charge in [0.15, 0.2) is 0 Å². The summed E-state index contributed by atoms with van der Waals surface area (Å²) in [5.41, 5.74) is 5.29. The summed E-state index contributed by atoms with van der Waals surface area (Å²) in [6.07, 6.45) is 14.9. The molecule has 48 heavy (non-hydrogen) atoms. The van der Waals surface area contributed by atoms with Gasteiger partial charge in [-0.2, -0.15) is 0 Å². The molecule has 0 amide bonds. The highest BCUT2D eigenvalue weighted by atomic mass is 16.4. The molecule has 1 aliphatic heterocycles. The summed E-state index contributed by atoms with van der Waals surface area (Å²) < 4.78 is 0. The number of hydrogen-bond donors (Lipinski definition) is 7. The fourth-order valence-electron chi connectivity index (χ4n) is 6.41. The van der Waals surface area contributed by atoms with Crippen LogP contribution in [0.25, 0.3) is 0 Å². The second-order valence-corrected chi connectivity index (χ2v) is 13.4. The van der Waals surface area contributed by atoms with Crippen molar-refractivity contribution in [2.75, 3.05) is 13.2 Å². The number of aliphatic hydroxyl groups excluding tert-OH is 5. The van der Waals surface area contributed by atoms with Crippen molar-refractivity contribution < 1.29 is 35.4 Å². The van der Waals surface area contributed by atoms with E-state index < -0.39 is 24.3 Å². The monoisotopic (exact) mass is 669 g/mol. The van der Waals surface area contributed by atoms with Crippen LogP contribution in [0.3, 0.4) is 0 Å². The van der Waals surface area contributed by atoms with Crippen LogP contribution in [0.4, 0.5) is 0 Å². The number of aliphatic carboxylic acids is 1. The third-order valence-corrected chi connectivity index (χ3v) is 9.29. The molecule has 0 aromatic heterocycles. The number of fused-ring (bicyclic) bond motifs is 1. The maximum absolute atomic E-state index is 11.0. The standard InChI is InChI=1S/C40H63NO7/c1-3-4-8-18-34(45)26-25-33-24-23-32-17-13-16-31(15-9-7-12-27-42)36(32)19-14-21-38(30(2)44)41-39(37(33)28-35(46)29-43)20-10-5-6-11-22-40(47)48/h13,16-17,25-26,30,34-35,38-39,41-46H,3-12,15,18,20-24,27-29H2,1-2H3,(H,47,48)/t30-,34-,35-,38+,39+/m0/s1. The Morgan fingerprint density at radius 1 is 1.00 bits per heavy atom. The van der Waals surface area contributed by atoms with E-state index in [2.05, 4.69) is 42.3 Å². The van der Waals surface area contributed by atoms with Gasteiger partial charge in [0.2, 0.25) is 0 Å². The van der Waals surface area contributed by atoms with Crippen molar-refractivity contribution in [2.45, 2.75) is 160 Å². The number of rotatable bonds is 22. The third-order valence-electron chi connectivity index (χ3n) is 9.29. The zero-order valence-corrected chi connectivity index (χ0v) is 29.5. The van der Waals surface area contributed by atoms with Gasteiger partial charge in [0, 0.05) is 37.1 Å². The molecule has 7 N–H and O–H groups in total. The molecule has 270 valence electrons. The average molecular weight is 670 g/mol. The Bertz CT molecular complexity index is 1180. The zero-order chi connectivity index (χ0) is 35.1. The predicted octanol–water partition coefficient (Wildman–Crippen LogP) is 5.75. The summed E-state index contributed by atoms with van der Waals surface area (Å²) in [4.78, 5) is 11.0. The lowest BCUT2D eigenvalue weighted by atomic mass is 9.86. The Hall–Kier alpha value is -2.51. The van der Waals surface area contributed by atoms with Gasteiger partial charge < -0.3 is 36.0 Å². The Kier molecular flexibility index (Phi) is 21.3. The lowest BCUT2D eigenvalue weighted by molar-refractivity contribution is -0.137. The van der Waals surface area contributed by atoms with Crippen molar-refractivity contribution in [2.24, 2.45) is 0 Å². The summed E-state index contributed by atoms with van der Waals surface area (Å²) in [7, 11) is 0. The third kappa shape index (κ3) is 16.3. The van der Waals surface area contributed by atoms with Gasteiger partial charge in [0.1, 0.15) is 0 Å². The summed E-state index contributed by atoms with van der Waals surface area (Å²) in [6.45, 7) is 3.71. The molecule has 5 atom stereocenters. The minimum atomic E-state index is -0.965. The molecule has 0 spiro atoms. The minimum absolute atomic E-state index is 0.152. The molecule has 8 nitrogen and oxygen atoms in total. The number of hydrogen-bond acceptors (Lipinski definition) is 7. The van der Waals surface area contributed by atoms with Gasteiger partial charge in [0.05, 0.1) is 24.9 Å². The van der Waals surface area contributed by atoms with E-state index in [1.54, 1.807) is 6.92 Å². The van der Waals surface area contributed by atoms with Gasteiger partial charge in [-0.05, 0) is 87.0 Å². The van der Waals surface area contributed by atoms with Crippen LogP contribution in [-0.4, -0.2) is 80.2 Å². The Balaban J connectivity index is 2.60. The SMILES string of the molecule is CCCCC[C@H](O)C=CC1=C(C[C@H](O)CO)[C@@H](CCCCCCC(=O)O)N[C@@H]([C@H](C)O)CC#Cc2c(CCCCCO)cccc2CC1. The van der Waals surface area contributed by atoms with E-state index in [1.165, 1.54) is 5.56 Å². The highest BCUT2D eigenvalue weighted by molar-refractivity contribution is 5.66. The number of carboxylic acid groups (broad SMARTS) is 1. The molecular formula is C40H63NO7. The van der Waals surface area contributed by atoms with E-state index in [1.807, 2.05) is 12.2 Å². The molecule has 1 aromatic carbocycles. The molecule has 2 rings (SSSR count). The maximum Gasteiger partial charge on any atom is 0.303 e. The summed E-state index contributed by atoms with van der Waals surface area (Å²) >= 11 is 0. The van der Waals surface area contributed by atoms with Crippen LogP contribution in [0.1, 0.15) is 133 Å². The molecule has 0 aliphatic carbocycles. The van der Waals surface area contributed by atoms with E-state index in [-0.39, 0.29) is 38.1 Å². The Labute approximate surface area is 289 Å². The molecule has 1 aliphatic rings. The van der Waals surface area contributed by atoms with Gasteiger partial charge in [-0.25, -0.2) is 0 Å². The van der Waals surface area contributed by atoms with E-state index in [0.717, 1.165) is 86.5 Å². The first kappa shape index (κ1) is 41.7. The van der Waals surface area contributed by atoms with Crippen LogP contribution < -0.4 is 5.32 Å². The number of aryl methyl sites for hydroxylation is 2. The normalized spacial score (nSPS) is 19.1. The van der Waals surface area contributed by atoms with Gasteiger partial charge in [-0.15, -0.1) is 0 Å². The summed E-state index contributed by atoms with van der Waals surface area (Å²) in [5.74, 6) is 6.05. The number of allylic oxidation sites excluding steroid dienone is 2. The second-order valence-electron chi connectivity index (χ2n) is 13.4. The van der Waals surface area contributed by atoms with Gasteiger partial charge >= 0.3 is 5.97 Å². The first-order valence-electron chi connectivity index (χ1n) is 18.4. The first-order valence-corrected chi connectivity index (χ1v) is 18.4. The second kappa shape index (κ2) is 24.6. The number of aliphatic hydroxyl groups is 5. The van der Waals surface area contributed by atoms with Crippen molar-refractivity contribution in [3.63, 3.8) is 0 Å². The lowest BCUT2D eigenvalue weighted by Crippen LogP contribution is -2.46. The van der Waals surface area contributed by atoms with E-state index >= 15 is 0 Å². The Morgan fingerprint density at radius 2 is 1.77 bits per heavy atom. The summed E-state index contributed by atoms with van der Waals surface area (Å²) in [5, 5.41) is 64.5. The number of carbonyl (C=O) groups is 1. The van der Waals surface area contributed by atoms with Crippen LogP contribution in [0.2, 0.25) is 0 Å². The maximum atomic E-state index is 11.0. The average Bonchev–Trinajstić information content (AvgIpc) is 3.06. The van der Waals surface area contributed by atoms with Crippen LogP contribution in [0.15, 0.2) is 41.5 Å². The highest BCUT2D eigenvalue weighted by Crippen LogP contribution is 2.28. The molecule has 0 saturated carbocycles. The fraction of sp³-hybridized carbons (Fsp3) is 0.675. The van der Waals surface area contributed by atoms with Gasteiger partial charge in [-0.1, -0.05) is 94.1 Å². The van der Waals surface area contributed by atoms with Crippen LogP contribution in [-0.2, 0) is 17.6 Å². The molecule has 1 heterocycles. The van der Waals surface area contributed by atoms with Crippen LogP contribution >= 0.6 is 0 Å². The van der Waals surface area contributed by atoms with Crippen LogP contribution in [0.5, 0.6) is 0 Å². The van der Waals surface area contributed by atoms with E-state index in [0.29, 0.717) is 38.5 Å². The largest absolute Gasteiger partial charge is 0.481 e. The number of nitrogens with one attached hydrogen (secondary N) is 1. The fourth-order valence-corrected chi connectivity index (χ4v) is 6.41. The minimum Gasteiger partial charge on any atom is -0.481 e. The topological polar surface area (TPSA) is 150 Å². The van der Waals surface area contributed by atoms with Crippen molar-refractivity contribution in [3.05, 3.63) is 58.2 Å². The zero-order valence-electron chi connectivity index (χ0n) is 29.5. The van der Waals surface area contributed by atoms with Crippen LogP contribution in [0, 0.1) is 11.8 Å². The molecule has 0 radical (unpaired) electrons.